The molecule has 1 saturated carbocycles. The van der Waals surface area contributed by atoms with Gasteiger partial charge in [-0.1, -0.05) is 36.4 Å². The normalized spacial score (nSPS) is 21.3. The van der Waals surface area contributed by atoms with Gasteiger partial charge in [0.25, 0.3) is 0 Å². The summed E-state index contributed by atoms with van der Waals surface area (Å²) in [5.41, 5.74) is 2.85. The van der Waals surface area contributed by atoms with E-state index in [0.717, 1.165) is 30.4 Å². The molecule has 3 N–H and O–H groups in total. The van der Waals surface area contributed by atoms with Crippen molar-refractivity contribution in [2.24, 2.45) is 0 Å². The Morgan fingerprint density at radius 2 is 1.07 bits per heavy atom. The smallest absolute Gasteiger partial charge is 0.115 e. The number of halogens is 1. The lowest BCUT2D eigenvalue weighted by Crippen LogP contribution is -2.42. The molecule has 3 nitrogen and oxygen atoms in total. The molecule has 2 unspecified atom stereocenters. The Morgan fingerprint density at radius 3 is 1.54 bits per heavy atom. The van der Waals surface area contributed by atoms with Crippen LogP contribution in [0.25, 0.3) is 0 Å². The summed E-state index contributed by atoms with van der Waals surface area (Å²) in [7, 11) is 0. The van der Waals surface area contributed by atoms with Crippen molar-refractivity contribution >= 4 is 11.6 Å². The topological polar surface area (TPSA) is 60.7 Å². The van der Waals surface area contributed by atoms with Crippen LogP contribution in [0.3, 0.4) is 0 Å². The Kier molecular flexibility index (Phi) is 4.94. The van der Waals surface area contributed by atoms with E-state index in [4.69, 9.17) is 11.6 Å². The number of aromatic hydroxyl groups is 3. The van der Waals surface area contributed by atoms with Crippen LogP contribution in [0.4, 0.5) is 0 Å². The van der Waals surface area contributed by atoms with Gasteiger partial charge in [-0.05, 0) is 78.3 Å². The lowest BCUT2D eigenvalue weighted by molar-refractivity contribution is 0.316. The maximum Gasteiger partial charge on any atom is 0.115 e. The van der Waals surface area contributed by atoms with Gasteiger partial charge in [-0.2, -0.15) is 0 Å². The maximum absolute atomic E-state index is 9.78. The molecule has 3 aromatic rings. The number of hydrogen-bond donors (Lipinski definition) is 3. The van der Waals surface area contributed by atoms with Crippen molar-refractivity contribution in [3.63, 3.8) is 0 Å². The summed E-state index contributed by atoms with van der Waals surface area (Å²) < 4.78 is 0. The van der Waals surface area contributed by atoms with E-state index in [1.807, 2.05) is 36.4 Å². The highest BCUT2D eigenvalue weighted by Gasteiger charge is 2.46. The lowest BCUT2D eigenvalue weighted by Gasteiger charge is -2.46. The van der Waals surface area contributed by atoms with Crippen molar-refractivity contribution in [1.29, 1.82) is 0 Å². The van der Waals surface area contributed by atoms with Crippen molar-refractivity contribution in [3.05, 3.63) is 89.5 Å². The fraction of sp³-hybridized carbons (Fsp3) is 0.250. The average molecular weight is 395 g/mol. The van der Waals surface area contributed by atoms with Gasteiger partial charge >= 0.3 is 0 Å². The van der Waals surface area contributed by atoms with Crippen molar-refractivity contribution < 1.29 is 15.3 Å². The van der Waals surface area contributed by atoms with Crippen molar-refractivity contribution in [3.8, 4) is 17.2 Å². The van der Waals surface area contributed by atoms with Gasteiger partial charge in [0.2, 0.25) is 0 Å². The molecule has 2 atom stereocenters. The largest absolute Gasteiger partial charge is 0.508 e. The van der Waals surface area contributed by atoms with Gasteiger partial charge in [-0.3, -0.25) is 0 Å². The zero-order valence-corrected chi connectivity index (χ0v) is 16.2. The summed E-state index contributed by atoms with van der Waals surface area (Å²) >= 11 is 7.00. The molecule has 0 saturated heterocycles. The number of hydrogen-bond acceptors (Lipinski definition) is 3. The van der Waals surface area contributed by atoms with Gasteiger partial charge in [0.15, 0.2) is 0 Å². The van der Waals surface area contributed by atoms with Gasteiger partial charge < -0.3 is 15.3 Å². The first-order valence-electron chi connectivity index (χ1n) is 9.51. The fourth-order valence-corrected chi connectivity index (χ4v) is 4.99. The second-order valence-corrected chi connectivity index (χ2v) is 8.13. The van der Waals surface area contributed by atoms with E-state index in [9.17, 15) is 15.3 Å². The minimum absolute atomic E-state index is 0.116. The van der Waals surface area contributed by atoms with Crippen LogP contribution >= 0.6 is 11.6 Å². The number of rotatable bonds is 3. The second-order valence-electron chi connectivity index (χ2n) is 7.60. The molecule has 28 heavy (non-hydrogen) atoms. The predicted molar refractivity (Wildman–Crippen MR) is 111 cm³/mol. The summed E-state index contributed by atoms with van der Waals surface area (Å²) in [5.74, 6) is 1.000. The van der Waals surface area contributed by atoms with Gasteiger partial charge in [-0.25, -0.2) is 0 Å². The third-order valence-corrected chi connectivity index (χ3v) is 6.59. The summed E-state index contributed by atoms with van der Waals surface area (Å²) in [6.45, 7) is 0. The van der Waals surface area contributed by atoms with Crippen LogP contribution in [0.5, 0.6) is 17.2 Å². The van der Waals surface area contributed by atoms with Crippen LogP contribution in [-0.4, -0.2) is 20.7 Å². The highest BCUT2D eigenvalue weighted by atomic mass is 35.5. The average Bonchev–Trinajstić information content (AvgIpc) is 2.71. The molecule has 4 heteroatoms. The Bertz CT molecular complexity index is 888. The summed E-state index contributed by atoms with van der Waals surface area (Å²) in [6.07, 6.45) is 2.62. The van der Waals surface area contributed by atoms with E-state index in [1.165, 1.54) is 5.56 Å². The van der Waals surface area contributed by atoms with Crippen LogP contribution < -0.4 is 0 Å². The molecular weight excluding hydrogens is 372 g/mol. The number of alkyl halides is 1. The first-order chi connectivity index (χ1) is 13.5. The number of benzene rings is 3. The molecular formula is C24H23ClO3. The molecule has 1 aliphatic rings. The molecule has 0 radical (unpaired) electrons. The second kappa shape index (κ2) is 7.40. The monoisotopic (exact) mass is 394 g/mol. The first kappa shape index (κ1) is 18.7. The van der Waals surface area contributed by atoms with Crippen LogP contribution in [-0.2, 0) is 5.41 Å². The van der Waals surface area contributed by atoms with E-state index in [-0.39, 0.29) is 22.6 Å². The minimum Gasteiger partial charge on any atom is -0.508 e. The number of phenolic OH excluding ortho intramolecular Hbond substituents is 3. The third-order valence-electron chi connectivity index (χ3n) is 6.00. The third kappa shape index (κ3) is 3.31. The molecule has 0 aromatic heterocycles. The SMILES string of the molecule is Oc1ccc(C2CCC(Cl)C(c3ccc(O)cc3)(c3ccc(O)cc3)C2)cc1. The standard InChI is InChI=1S/C24H23ClO3/c25-23-14-3-17(16-1-8-20(26)9-2-16)15-24(23,18-4-10-21(27)11-5-18)19-6-12-22(28)13-7-19/h1-2,4-13,17,23,26-28H,3,14-15H2. The van der Waals surface area contributed by atoms with E-state index in [0.29, 0.717) is 5.92 Å². The molecule has 0 spiro atoms. The Labute approximate surface area is 169 Å². The van der Waals surface area contributed by atoms with Crippen LogP contribution in [0, 0.1) is 0 Å². The van der Waals surface area contributed by atoms with Crippen molar-refractivity contribution in [2.75, 3.05) is 0 Å². The van der Waals surface area contributed by atoms with E-state index in [1.54, 1.807) is 36.4 Å². The van der Waals surface area contributed by atoms with Crippen molar-refractivity contribution in [1.82, 2.24) is 0 Å². The number of phenols is 3. The Balaban J connectivity index is 1.83. The highest BCUT2D eigenvalue weighted by Crippen LogP contribution is 2.52. The summed E-state index contributed by atoms with van der Waals surface area (Å²) in [4.78, 5) is 0. The molecule has 0 heterocycles. The first-order valence-corrected chi connectivity index (χ1v) is 9.95. The zero-order chi connectivity index (χ0) is 19.7. The Hall–Kier alpha value is -2.65. The van der Waals surface area contributed by atoms with E-state index < -0.39 is 5.41 Å². The molecule has 1 fully saturated rings. The van der Waals surface area contributed by atoms with Gasteiger partial charge in [0, 0.05) is 10.8 Å². The molecule has 0 amide bonds. The lowest BCUT2D eigenvalue weighted by atomic mass is 9.61. The molecule has 1 aliphatic carbocycles. The highest BCUT2D eigenvalue weighted by molar-refractivity contribution is 6.22. The van der Waals surface area contributed by atoms with Crippen molar-refractivity contribution in [2.45, 2.75) is 36.0 Å². The van der Waals surface area contributed by atoms with Gasteiger partial charge in [0.05, 0.1) is 0 Å². The quantitative estimate of drug-likeness (QED) is 0.502. The Morgan fingerprint density at radius 1 is 0.643 bits per heavy atom. The van der Waals surface area contributed by atoms with Crippen LogP contribution in [0.2, 0.25) is 0 Å². The molecule has 3 aromatic carbocycles. The molecule has 4 rings (SSSR count). The van der Waals surface area contributed by atoms with E-state index >= 15 is 0 Å². The van der Waals surface area contributed by atoms with Crippen LogP contribution in [0.1, 0.15) is 41.9 Å². The van der Waals surface area contributed by atoms with Gasteiger partial charge in [0.1, 0.15) is 17.2 Å². The minimum atomic E-state index is -0.441. The summed E-state index contributed by atoms with van der Waals surface area (Å²) in [6, 6.07) is 22.0. The molecule has 0 bridgehead atoms. The van der Waals surface area contributed by atoms with E-state index in [2.05, 4.69) is 0 Å². The fourth-order valence-electron chi connectivity index (χ4n) is 4.53. The molecule has 0 aliphatic heterocycles. The van der Waals surface area contributed by atoms with Gasteiger partial charge in [-0.15, -0.1) is 11.6 Å². The zero-order valence-electron chi connectivity index (χ0n) is 15.4. The summed E-state index contributed by atoms with van der Waals surface area (Å²) in [5, 5.41) is 29.1. The van der Waals surface area contributed by atoms with Crippen LogP contribution in [0.15, 0.2) is 72.8 Å². The maximum atomic E-state index is 9.78. The predicted octanol–water partition coefficient (Wildman–Crippen LogP) is 5.66. The molecule has 144 valence electrons.